The zero-order valence-electron chi connectivity index (χ0n) is 17.4. The lowest BCUT2D eigenvalue weighted by molar-refractivity contribution is 0.341. The molecule has 0 fully saturated rings. The van der Waals surface area contributed by atoms with Gasteiger partial charge in [0.1, 0.15) is 22.2 Å². The number of halogens is 1. The van der Waals surface area contributed by atoms with Gasteiger partial charge in [-0.05, 0) is 67.6 Å². The van der Waals surface area contributed by atoms with Gasteiger partial charge in [-0.25, -0.2) is 4.98 Å². The van der Waals surface area contributed by atoms with Crippen LogP contribution in [0.1, 0.15) is 40.3 Å². The van der Waals surface area contributed by atoms with E-state index >= 15 is 0 Å². The van der Waals surface area contributed by atoms with Crippen molar-refractivity contribution in [3.63, 3.8) is 0 Å². The second kappa shape index (κ2) is 9.44. The second-order valence-corrected chi connectivity index (χ2v) is 11.8. The van der Waals surface area contributed by atoms with Gasteiger partial charge in [0.05, 0.1) is 22.4 Å². The molecule has 8 heteroatoms. The summed E-state index contributed by atoms with van der Waals surface area (Å²) in [6.07, 6.45) is 3.23. The Morgan fingerprint density at radius 3 is 2.84 bits per heavy atom. The monoisotopic (exact) mass is 541 g/mol. The maximum absolute atomic E-state index is 9.83. The molecule has 0 amide bonds. The molecular formula is C24H20BrN3OS3. The molecule has 1 N–H and O–H groups in total. The molecule has 4 aromatic rings. The molecule has 1 aliphatic carbocycles. The van der Waals surface area contributed by atoms with E-state index in [-0.39, 0.29) is 5.37 Å². The number of thiazole rings is 1. The molecule has 1 unspecified atom stereocenters. The normalized spacial score (nSPS) is 13.7. The van der Waals surface area contributed by atoms with Gasteiger partial charge >= 0.3 is 0 Å². The van der Waals surface area contributed by atoms with Gasteiger partial charge in [-0.1, -0.05) is 39.8 Å². The Labute approximate surface area is 207 Å². The number of fused-ring (bicyclic) bond motifs is 2. The standard InChI is InChI=1S/C24H20BrN3OS3/c1-2-29-16-10-11-19-21(12-16)31-24(27-19)32-22(14-6-8-15(25)9-7-14)28-23-18(13-26)17-4-3-5-20(17)30-23/h6-12,22,28H,2-5H2,1H3. The molecule has 1 atom stereocenters. The molecule has 0 saturated heterocycles. The van der Waals surface area contributed by atoms with Crippen LogP contribution in [0.5, 0.6) is 5.75 Å². The van der Waals surface area contributed by atoms with Gasteiger partial charge in [0, 0.05) is 9.35 Å². The molecular weight excluding hydrogens is 522 g/mol. The molecule has 5 rings (SSSR count). The summed E-state index contributed by atoms with van der Waals surface area (Å²) < 4.78 is 8.78. The Hall–Kier alpha value is -2.05. The van der Waals surface area contributed by atoms with Crippen molar-refractivity contribution < 1.29 is 4.74 Å². The molecule has 2 aromatic carbocycles. The minimum Gasteiger partial charge on any atom is -0.494 e. The number of ether oxygens (including phenoxy) is 1. The first-order chi connectivity index (χ1) is 15.6. The third kappa shape index (κ3) is 4.40. The highest BCUT2D eigenvalue weighted by Crippen LogP contribution is 2.45. The molecule has 2 aromatic heterocycles. The van der Waals surface area contributed by atoms with Crippen molar-refractivity contribution in [3.05, 3.63) is 68.5 Å². The Balaban J connectivity index is 1.48. The highest BCUT2D eigenvalue weighted by atomic mass is 79.9. The highest BCUT2D eigenvalue weighted by molar-refractivity contribution is 9.10. The first-order valence-corrected chi connectivity index (χ1v) is 13.7. The van der Waals surface area contributed by atoms with Gasteiger partial charge in [-0.15, -0.1) is 22.7 Å². The van der Waals surface area contributed by atoms with Crippen molar-refractivity contribution in [2.45, 2.75) is 35.9 Å². The number of aromatic nitrogens is 1. The SMILES string of the molecule is CCOc1ccc2nc(SC(Nc3sc4c(c3C#N)CCC4)c3ccc(Br)cc3)sc2c1. The zero-order chi connectivity index (χ0) is 22.1. The van der Waals surface area contributed by atoms with E-state index in [2.05, 4.69) is 57.6 Å². The number of hydrogen-bond acceptors (Lipinski definition) is 7. The number of nitrogens with zero attached hydrogens (tertiary/aromatic N) is 2. The highest BCUT2D eigenvalue weighted by Gasteiger charge is 2.25. The molecule has 1 aliphatic rings. The Morgan fingerprint density at radius 1 is 1.22 bits per heavy atom. The summed E-state index contributed by atoms with van der Waals surface area (Å²) in [4.78, 5) is 6.20. The predicted octanol–water partition coefficient (Wildman–Crippen LogP) is 7.78. The summed E-state index contributed by atoms with van der Waals surface area (Å²) in [5.74, 6) is 0.870. The molecule has 0 saturated carbocycles. The van der Waals surface area contributed by atoms with Crippen LogP contribution in [-0.2, 0) is 12.8 Å². The van der Waals surface area contributed by atoms with Crippen LogP contribution in [0.2, 0.25) is 0 Å². The summed E-state index contributed by atoms with van der Waals surface area (Å²) in [6, 6.07) is 16.8. The number of nitriles is 1. The number of anilines is 1. The fourth-order valence-electron chi connectivity index (χ4n) is 3.85. The number of benzene rings is 2. The summed E-state index contributed by atoms with van der Waals surface area (Å²) >= 11 is 8.62. The maximum Gasteiger partial charge on any atom is 0.153 e. The van der Waals surface area contributed by atoms with E-state index in [9.17, 15) is 5.26 Å². The third-order valence-corrected chi connectivity index (χ3v) is 9.36. The van der Waals surface area contributed by atoms with Gasteiger partial charge < -0.3 is 10.1 Å². The molecule has 2 heterocycles. The van der Waals surface area contributed by atoms with Crippen LogP contribution in [0.3, 0.4) is 0 Å². The Bertz CT molecular complexity index is 1310. The van der Waals surface area contributed by atoms with Gasteiger partial charge in [-0.3, -0.25) is 0 Å². The summed E-state index contributed by atoms with van der Waals surface area (Å²) in [5, 5.41) is 14.4. The first kappa shape index (κ1) is 21.8. The number of nitrogens with one attached hydrogen (secondary N) is 1. The van der Waals surface area contributed by atoms with E-state index < -0.39 is 0 Å². The topological polar surface area (TPSA) is 57.9 Å². The molecule has 0 spiro atoms. The van der Waals surface area contributed by atoms with Gasteiger partial charge in [0.25, 0.3) is 0 Å². The van der Waals surface area contributed by atoms with E-state index in [1.807, 2.05) is 19.1 Å². The lowest BCUT2D eigenvalue weighted by atomic mass is 10.1. The minimum atomic E-state index is -0.0547. The van der Waals surface area contributed by atoms with E-state index in [1.165, 1.54) is 10.4 Å². The van der Waals surface area contributed by atoms with Crippen molar-refractivity contribution in [1.82, 2.24) is 4.98 Å². The van der Waals surface area contributed by atoms with Crippen molar-refractivity contribution in [2.75, 3.05) is 11.9 Å². The molecule has 32 heavy (non-hydrogen) atoms. The van der Waals surface area contributed by atoms with Crippen LogP contribution in [0.25, 0.3) is 10.2 Å². The van der Waals surface area contributed by atoms with Crippen molar-refractivity contribution in [1.29, 1.82) is 5.26 Å². The average molecular weight is 543 g/mol. The Kier molecular flexibility index (Phi) is 6.42. The number of thiophene rings is 1. The van der Waals surface area contributed by atoms with Crippen LogP contribution in [-0.4, -0.2) is 11.6 Å². The number of thioether (sulfide) groups is 1. The Morgan fingerprint density at radius 2 is 2.06 bits per heavy atom. The molecule has 4 nitrogen and oxygen atoms in total. The van der Waals surface area contributed by atoms with Crippen LogP contribution < -0.4 is 10.1 Å². The fourth-order valence-corrected chi connectivity index (χ4v) is 7.76. The first-order valence-electron chi connectivity index (χ1n) is 10.4. The number of hydrogen-bond donors (Lipinski definition) is 1. The number of rotatable bonds is 7. The van der Waals surface area contributed by atoms with Crippen LogP contribution in [0, 0.1) is 11.3 Å². The van der Waals surface area contributed by atoms with Crippen LogP contribution >= 0.6 is 50.4 Å². The van der Waals surface area contributed by atoms with Crippen LogP contribution in [0.15, 0.2) is 51.3 Å². The fraction of sp³-hybridized carbons (Fsp3) is 0.250. The summed E-state index contributed by atoms with van der Waals surface area (Å²) in [7, 11) is 0. The minimum absolute atomic E-state index is 0.0547. The lowest BCUT2D eigenvalue weighted by Crippen LogP contribution is -2.07. The maximum atomic E-state index is 9.83. The second-order valence-electron chi connectivity index (χ2n) is 7.41. The molecule has 0 bridgehead atoms. The van der Waals surface area contributed by atoms with Crippen molar-refractivity contribution in [3.8, 4) is 11.8 Å². The van der Waals surface area contributed by atoms with Crippen molar-refractivity contribution >= 4 is 65.6 Å². The number of aryl methyl sites for hydroxylation is 1. The van der Waals surface area contributed by atoms with Crippen molar-refractivity contribution in [2.24, 2.45) is 0 Å². The van der Waals surface area contributed by atoms with E-state index in [0.29, 0.717) is 6.61 Å². The zero-order valence-corrected chi connectivity index (χ0v) is 21.4. The largest absolute Gasteiger partial charge is 0.494 e. The van der Waals surface area contributed by atoms with Crippen LogP contribution in [0.4, 0.5) is 5.00 Å². The van der Waals surface area contributed by atoms with E-state index in [4.69, 9.17) is 9.72 Å². The third-order valence-electron chi connectivity index (χ3n) is 5.34. The average Bonchev–Trinajstić information content (AvgIpc) is 3.48. The molecule has 162 valence electrons. The molecule has 0 aliphatic heterocycles. The summed E-state index contributed by atoms with van der Waals surface area (Å²) in [6.45, 7) is 2.63. The van der Waals surface area contributed by atoms with E-state index in [0.717, 1.165) is 60.2 Å². The quantitative estimate of drug-likeness (QED) is 0.191. The summed E-state index contributed by atoms with van der Waals surface area (Å²) in [5.41, 5.74) is 4.17. The van der Waals surface area contributed by atoms with E-state index in [1.54, 1.807) is 34.4 Å². The molecule has 0 radical (unpaired) electrons. The smallest absolute Gasteiger partial charge is 0.153 e. The predicted molar refractivity (Wildman–Crippen MR) is 138 cm³/mol. The van der Waals surface area contributed by atoms with Gasteiger partial charge in [0.15, 0.2) is 4.34 Å². The lowest BCUT2D eigenvalue weighted by Gasteiger charge is -2.18. The van der Waals surface area contributed by atoms with Gasteiger partial charge in [0.2, 0.25) is 0 Å². The van der Waals surface area contributed by atoms with Gasteiger partial charge in [-0.2, -0.15) is 5.26 Å².